The highest BCUT2D eigenvalue weighted by molar-refractivity contribution is 7.18. The van der Waals surface area contributed by atoms with Crippen molar-refractivity contribution in [3.63, 3.8) is 0 Å². The zero-order valence-electron chi connectivity index (χ0n) is 12.4. The largest absolute Gasteiger partial charge is 0.368 e. The maximum absolute atomic E-state index is 11.3. The Balaban J connectivity index is 2.62. The molecule has 0 aliphatic rings. The van der Waals surface area contributed by atoms with E-state index in [2.05, 4.69) is 28.4 Å². The molecule has 0 unspecified atom stereocenters. The number of hydrogen-bond donors (Lipinski definition) is 3. The van der Waals surface area contributed by atoms with Crippen LogP contribution in [-0.2, 0) is 11.2 Å². The van der Waals surface area contributed by atoms with Crippen molar-refractivity contribution in [2.75, 3.05) is 16.9 Å². The number of anilines is 2. The number of aryl methyl sites for hydroxylation is 1. The number of hydrazine groups is 1. The number of nitrogens with one attached hydrogen (secondary N) is 1. The van der Waals surface area contributed by atoms with Crippen LogP contribution in [0.3, 0.4) is 0 Å². The van der Waals surface area contributed by atoms with E-state index in [1.165, 1.54) is 4.88 Å². The van der Waals surface area contributed by atoms with E-state index in [4.69, 9.17) is 11.6 Å². The molecule has 0 radical (unpaired) electrons. The fraction of sp³-hybridized carbons (Fsp3) is 0.462. The Kier molecular flexibility index (Phi) is 4.59. The average Bonchev–Trinajstić information content (AvgIpc) is 2.86. The van der Waals surface area contributed by atoms with E-state index in [1.807, 2.05) is 18.7 Å². The minimum absolute atomic E-state index is 0.0752. The van der Waals surface area contributed by atoms with Gasteiger partial charge < -0.3 is 10.6 Å². The summed E-state index contributed by atoms with van der Waals surface area (Å²) in [6, 6.07) is 2.14. The number of aromatic nitrogens is 2. The number of amides is 1. The number of nitrogens with zero attached hydrogens (tertiary/aromatic N) is 3. The van der Waals surface area contributed by atoms with Gasteiger partial charge in [-0.3, -0.25) is 10.2 Å². The van der Waals surface area contributed by atoms with Crippen LogP contribution < -0.4 is 21.9 Å². The molecule has 7 nitrogen and oxygen atoms in total. The van der Waals surface area contributed by atoms with Crippen LogP contribution in [0.4, 0.5) is 11.8 Å². The van der Waals surface area contributed by atoms with Crippen LogP contribution in [0.15, 0.2) is 6.07 Å². The minimum atomic E-state index is -0.399. The van der Waals surface area contributed by atoms with Gasteiger partial charge in [-0.1, -0.05) is 6.92 Å². The third kappa shape index (κ3) is 3.22. The summed E-state index contributed by atoms with van der Waals surface area (Å²) < 4.78 is 0. The molecule has 5 N–H and O–H groups in total. The highest BCUT2D eigenvalue weighted by Crippen LogP contribution is 2.32. The fourth-order valence-corrected chi connectivity index (χ4v) is 3.05. The lowest BCUT2D eigenvalue weighted by Gasteiger charge is -2.27. The Morgan fingerprint density at radius 2 is 2.19 bits per heavy atom. The second-order valence-electron chi connectivity index (χ2n) is 4.99. The van der Waals surface area contributed by atoms with E-state index >= 15 is 0 Å². The fourth-order valence-electron chi connectivity index (χ4n) is 2.08. The Hall–Kier alpha value is -1.93. The summed E-state index contributed by atoms with van der Waals surface area (Å²) in [7, 11) is 0. The van der Waals surface area contributed by atoms with Gasteiger partial charge in [0.15, 0.2) is 0 Å². The van der Waals surface area contributed by atoms with Crippen molar-refractivity contribution in [2.45, 2.75) is 33.2 Å². The van der Waals surface area contributed by atoms with Crippen LogP contribution in [0.1, 0.15) is 25.6 Å². The monoisotopic (exact) mass is 308 g/mol. The predicted molar refractivity (Wildman–Crippen MR) is 86.3 cm³/mol. The van der Waals surface area contributed by atoms with Crippen molar-refractivity contribution in [2.24, 2.45) is 11.6 Å². The normalized spacial score (nSPS) is 11.1. The van der Waals surface area contributed by atoms with Gasteiger partial charge in [0.05, 0.1) is 11.9 Å². The second kappa shape index (κ2) is 6.23. The van der Waals surface area contributed by atoms with E-state index in [9.17, 15) is 4.79 Å². The number of fused-ring (bicyclic) bond motifs is 1. The van der Waals surface area contributed by atoms with E-state index in [1.54, 1.807) is 11.3 Å². The summed E-state index contributed by atoms with van der Waals surface area (Å²) in [5, 5.41) is 0.922. The number of rotatable bonds is 6. The van der Waals surface area contributed by atoms with Gasteiger partial charge >= 0.3 is 0 Å². The molecule has 114 valence electrons. The standard InChI is InChI=1S/C13H20N6OS/c1-4-8-5-9-11(19(7(2)3)6-10(14)20)16-13(18-15)17-12(9)21-8/h5,7H,4,6,15H2,1-3H3,(H2,14,20)(H,16,17,18). The molecule has 0 bridgehead atoms. The van der Waals surface area contributed by atoms with Crippen LogP contribution in [0.25, 0.3) is 10.2 Å². The Bertz CT molecular complexity index is 653. The quantitative estimate of drug-likeness (QED) is 0.547. The summed E-state index contributed by atoms with van der Waals surface area (Å²) in [5.41, 5.74) is 7.83. The predicted octanol–water partition coefficient (Wildman–Crippen LogP) is 1.24. The van der Waals surface area contributed by atoms with Crippen molar-refractivity contribution in [1.29, 1.82) is 0 Å². The first kappa shape index (κ1) is 15.5. The molecule has 1 amide bonds. The molecule has 0 aliphatic heterocycles. The molecule has 0 aromatic carbocycles. The smallest absolute Gasteiger partial charge is 0.240 e. The Labute approximate surface area is 127 Å². The first-order valence-electron chi connectivity index (χ1n) is 6.78. The molecule has 0 fully saturated rings. The second-order valence-corrected chi connectivity index (χ2v) is 6.10. The van der Waals surface area contributed by atoms with Crippen LogP contribution in [0.2, 0.25) is 0 Å². The number of hydrogen-bond acceptors (Lipinski definition) is 7. The lowest BCUT2D eigenvalue weighted by Crippen LogP contribution is -2.39. The number of nitrogen functional groups attached to an aromatic ring is 1. The van der Waals surface area contributed by atoms with Gasteiger partial charge in [-0.05, 0) is 26.3 Å². The van der Waals surface area contributed by atoms with Crippen molar-refractivity contribution in [3.05, 3.63) is 10.9 Å². The zero-order valence-corrected chi connectivity index (χ0v) is 13.2. The van der Waals surface area contributed by atoms with E-state index in [-0.39, 0.29) is 12.6 Å². The summed E-state index contributed by atoms with van der Waals surface area (Å²) in [5.74, 6) is 6.06. The van der Waals surface area contributed by atoms with E-state index in [0.717, 1.165) is 16.6 Å². The van der Waals surface area contributed by atoms with Gasteiger partial charge in [-0.15, -0.1) is 11.3 Å². The number of thiophene rings is 1. The first-order valence-corrected chi connectivity index (χ1v) is 7.59. The van der Waals surface area contributed by atoms with Crippen LogP contribution in [0, 0.1) is 0 Å². The lowest BCUT2D eigenvalue weighted by atomic mass is 10.2. The first-order chi connectivity index (χ1) is 9.96. The summed E-state index contributed by atoms with van der Waals surface area (Å²) in [6.45, 7) is 6.16. The third-order valence-electron chi connectivity index (χ3n) is 3.12. The highest BCUT2D eigenvalue weighted by atomic mass is 32.1. The number of carbonyl (C=O) groups excluding carboxylic acids is 1. The molecule has 0 aliphatic carbocycles. The van der Waals surface area contributed by atoms with Gasteiger partial charge in [0.1, 0.15) is 10.6 Å². The molecular formula is C13H20N6OS. The van der Waals surface area contributed by atoms with Crippen molar-refractivity contribution in [3.8, 4) is 0 Å². The number of carbonyl (C=O) groups is 1. The summed E-state index contributed by atoms with van der Waals surface area (Å²) >= 11 is 1.60. The molecule has 8 heteroatoms. The lowest BCUT2D eigenvalue weighted by molar-refractivity contribution is -0.116. The van der Waals surface area contributed by atoms with Crippen LogP contribution in [0.5, 0.6) is 0 Å². The maximum atomic E-state index is 11.3. The number of primary amides is 1. The molecule has 2 heterocycles. The molecule has 2 rings (SSSR count). The molecule has 2 aromatic rings. The third-order valence-corrected chi connectivity index (χ3v) is 4.30. The molecule has 2 aromatic heterocycles. The Morgan fingerprint density at radius 1 is 1.48 bits per heavy atom. The topological polar surface area (TPSA) is 110 Å². The minimum Gasteiger partial charge on any atom is -0.368 e. The van der Waals surface area contributed by atoms with Gasteiger partial charge in [0.2, 0.25) is 11.9 Å². The molecule has 0 atom stereocenters. The SMILES string of the molecule is CCc1cc2c(N(CC(N)=O)C(C)C)nc(NN)nc2s1. The molecule has 0 saturated heterocycles. The van der Waals surface area contributed by atoms with Gasteiger partial charge in [-0.25, -0.2) is 10.8 Å². The number of nitrogens with two attached hydrogens (primary N) is 2. The highest BCUT2D eigenvalue weighted by Gasteiger charge is 2.20. The summed E-state index contributed by atoms with van der Waals surface area (Å²) in [4.78, 5) is 24.0. The van der Waals surface area contributed by atoms with E-state index < -0.39 is 5.91 Å². The summed E-state index contributed by atoms with van der Waals surface area (Å²) in [6.07, 6.45) is 0.920. The maximum Gasteiger partial charge on any atom is 0.240 e. The molecule has 0 saturated carbocycles. The van der Waals surface area contributed by atoms with Gasteiger partial charge in [-0.2, -0.15) is 4.98 Å². The van der Waals surface area contributed by atoms with Gasteiger partial charge in [0.25, 0.3) is 0 Å². The Morgan fingerprint density at radius 3 is 2.71 bits per heavy atom. The van der Waals surface area contributed by atoms with Crippen LogP contribution >= 0.6 is 11.3 Å². The van der Waals surface area contributed by atoms with Gasteiger partial charge in [0, 0.05) is 10.9 Å². The van der Waals surface area contributed by atoms with Crippen molar-refractivity contribution in [1.82, 2.24) is 9.97 Å². The molecular weight excluding hydrogens is 288 g/mol. The average molecular weight is 308 g/mol. The van der Waals surface area contributed by atoms with Crippen molar-refractivity contribution >= 4 is 39.2 Å². The van der Waals surface area contributed by atoms with E-state index in [0.29, 0.717) is 11.8 Å². The molecule has 0 spiro atoms. The van der Waals surface area contributed by atoms with Crippen LogP contribution in [-0.4, -0.2) is 28.5 Å². The van der Waals surface area contributed by atoms with Crippen molar-refractivity contribution < 1.29 is 4.79 Å². The molecule has 21 heavy (non-hydrogen) atoms. The zero-order chi connectivity index (χ0) is 15.6.